The molecule has 1 unspecified atom stereocenters. The van der Waals surface area contributed by atoms with Gasteiger partial charge in [0.15, 0.2) is 0 Å². The minimum atomic E-state index is -0.456. The normalized spacial score (nSPS) is 16.4. The lowest BCUT2D eigenvalue weighted by molar-refractivity contribution is -0.134. The van der Waals surface area contributed by atoms with Gasteiger partial charge in [-0.2, -0.15) is 0 Å². The molecule has 1 aliphatic heterocycles. The maximum absolute atomic E-state index is 13.7. The van der Waals surface area contributed by atoms with Gasteiger partial charge in [-0.3, -0.25) is 14.6 Å². The fourth-order valence-corrected chi connectivity index (χ4v) is 4.29. The Hall–Kier alpha value is -3.80. The molecular formula is C27H26FN3O2. The zero-order valence-corrected chi connectivity index (χ0v) is 18.4. The maximum atomic E-state index is 13.7. The van der Waals surface area contributed by atoms with E-state index in [1.165, 1.54) is 18.2 Å². The third-order valence-corrected chi connectivity index (χ3v) is 5.91. The Morgan fingerprint density at radius 3 is 2.73 bits per heavy atom. The summed E-state index contributed by atoms with van der Waals surface area (Å²) < 4.78 is 13.7. The number of amides is 2. The highest BCUT2D eigenvalue weighted by molar-refractivity contribution is 5.95. The van der Waals surface area contributed by atoms with Crippen molar-refractivity contribution in [3.63, 3.8) is 0 Å². The minimum absolute atomic E-state index is 0.00886. The second-order valence-corrected chi connectivity index (χ2v) is 8.13. The fraction of sp³-hybridized carbons (Fsp3) is 0.222. The Kier molecular flexibility index (Phi) is 6.93. The van der Waals surface area contributed by atoms with Crippen molar-refractivity contribution in [3.8, 4) is 11.1 Å². The summed E-state index contributed by atoms with van der Waals surface area (Å²) >= 11 is 0. The van der Waals surface area contributed by atoms with Crippen LogP contribution >= 0.6 is 0 Å². The Morgan fingerprint density at radius 2 is 1.97 bits per heavy atom. The van der Waals surface area contributed by atoms with Crippen molar-refractivity contribution in [1.82, 2.24) is 14.8 Å². The molecule has 2 amide bonds. The summed E-state index contributed by atoms with van der Waals surface area (Å²) in [4.78, 5) is 34.2. The average molecular weight is 444 g/mol. The number of rotatable bonds is 6. The van der Waals surface area contributed by atoms with Crippen molar-refractivity contribution in [2.45, 2.75) is 6.42 Å². The van der Waals surface area contributed by atoms with Crippen LogP contribution < -0.4 is 0 Å². The lowest BCUT2D eigenvalue weighted by atomic mass is 9.91. The Balaban J connectivity index is 1.64. The summed E-state index contributed by atoms with van der Waals surface area (Å²) in [5.41, 5.74) is 3.29. The predicted octanol–water partition coefficient (Wildman–Crippen LogP) is 4.22. The number of halogens is 1. The molecule has 1 aromatic heterocycles. The van der Waals surface area contributed by atoms with Crippen LogP contribution in [0.25, 0.3) is 11.1 Å². The second kappa shape index (κ2) is 10.2. The monoisotopic (exact) mass is 443 g/mol. The molecule has 1 saturated heterocycles. The van der Waals surface area contributed by atoms with Gasteiger partial charge < -0.3 is 9.80 Å². The minimum Gasteiger partial charge on any atom is -0.337 e. The van der Waals surface area contributed by atoms with Gasteiger partial charge in [0.1, 0.15) is 5.82 Å². The molecule has 168 valence electrons. The SMILES string of the molecule is C=CCN1CCN(C(=O)c2cccc(F)c2)CC(Cc2ccccc2-c2cccnc2)C1=O. The van der Waals surface area contributed by atoms with E-state index in [2.05, 4.69) is 11.6 Å². The van der Waals surface area contributed by atoms with Crippen LogP contribution in [0.4, 0.5) is 4.39 Å². The van der Waals surface area contributed by atoms with E-state index in [1.807, 2.05) is 36.4 Å². The van der Waals surface area contributed by atoms with E-state index in [1.54, 1.807) is 34.3 Å². The first kappa shape index (κ1) is 22.4. The van der Waals surface area contributed by atoms with E-state index in [0.29, 0.717) is 26.1 Å². The van der Waals surface area contributed by atoms with Crippen LogP contribution in [-0.2, 0) is 11.2 Å². The Bertz CT molecular complexity index is 1150. The van der Waals surface area contributed by atoms with Gasteiger partial charge in [-0.15, -0.1) is 6.58 Å². The molecule has 1 aliphatic rings. The van der Waals surface area contributed by atoms with E-state index in [9.17, 15) is 14.0 Å². The first-order valence-corrected chi connectivity index (χ1v) is 11.0. The van der Waals surface area contributed by atoms with E-state index < -0.39 is 11.7 Å². The smallest absolute Gasteiger partial charge is 0.254 e. The fourth-order valence-electron chi connectivity index (χ4n) is 4.29. The summed E-state index contributed by atoms with van der Waals surface area (Å²) in [7, 11) is 0. The van der Waals surface area contributed by atoms with Crippen LogP contribution in [0.1, 0.15) is 15.9 Å². The molecule has 2 heterocycles. The summed E-state index contributed by atoms with van der Waals surface area (Å²) in [6.07, 6.45) is 5.70. The molecule has 1 fully saturated rings. The molecular weight excluding hydrogens is 417 g/mol. The van der Waals surface area contributed by atoms with Crippen molar-refractivity contribution in [2.24, 2.45) is 5.92 Å². The van der Waals surface area contributed by atoms with Gasteiger partial charge >= 0.3 is 0 Å². The van der Waals surface area contributed by atoms with E-state index in [4.69, 9.17) is 0 Å². The van der Waals surface area contributed by atoms with Gasteiger partial charge in [-0.25, -0.2) is 4.39 Å². The van der Waals surface area contributed by atoms with E-state index >= 15 is 0 Å². The molecule has 4 rings (SSSR count). The largest absolute Gasteiger partial charge is 0.337 e. The number of hydrogen-bond acceptors (Lipinski definition) is 3. The zero-order valence-electron chi connectivity index (χ0n) is 18.4. The Labute approximate surface area is 193 Å². The number of carbonyl (C=O) groups is 2. The number of pyridine rings is 1. The number of carbonyl (C=O) groups excluding carboxylic acids is 2. The van der Waals surface area contributed by atoms with Crippen molar-refractivity contribution in [3.05, 3.63) is 103 Å². The van der Waals surface area contributed by atoms with Gasteiger partial charge in [0, 0.05) is 49.7 Å². The van der Waals surface area contributed by atoms with Crippen LogP contribution in [0.2, 0.25) is 0 Å². The van der Waals surface area contributed by atoms with Gasteiger partial charge in [0.2, 0.25) is 5.91 Å². The van der Waals surface area contributed by atoms with E-state index in [0.717, 1.165) is 16.7 Å². The van der Waals surface area contributed by atoms with Crippen LogP contribution in [0.5, 0.6) is 0 Å². The van der Waals surface area contributed by atoms with Crippen molar-refractivity contribution in [1.29, 1.82) is 0 Å². The van der Waals surface area contributed by atoms with Gasteiger partial charge in [-0.05, 0) is 41.8 Å². The highest BCUT2D eigenvalue weighted by atomic mass is 19.1. The highest BCUT2D eigenvalue weighted by Gasteiger charge is 2.32. The predicted molar refractivity (Wildman–Crippen MR) is 126 cm³/mol. The van der Waals surface area contributed by atoms with Gasteiger partial charge in [0.05, 0.1) is 5.92 Å². The number of aromatic nitrogens is 1. The van der Waals surface area contributed by atoms with Crippen LogP contribution in [-0.4, -0.2) is 52.8 Å². The molecule has 3 aromatic rings. The van der Waals surface area contributed by atoms with Gasteiger partial charge in [-0.1, -0.05) is 42.5 Å². The molecule has 1 atom stereocenters. The Morgan fingerprint density at radius 1 is 1.12 bits per heavy atom. The van der Waals surface area contributed by atoms with Crippen molar-refractivity contribution in [2.75, 3.05) is 26.2 Å². The standard InChI is InChI=1S/C27H26FN3O2/c1-2-13-30-14-15-31(26(32)21-8-5-10-24(28)17-21)19-23(27(30)33)16-20-7-3-4-11-25(20)22-9-6-12-29-18-22/h2-12,17-18,23H,1,13-16,19H2. The van der Waals surface area contributed by atoms with Crippen molar-refractivity contribution >= 4 is 11.8 Å². The first-order chi connectivity index (χ1) is 16.1. The van der Waals surface area contributed by atoms with E-state index in [-0.39, 0.29) is 23.9 Å². The molecule has 2 aromatic carbocycles. The lowest BCUT2D eigenvalue weighted by Gasteiger charge is -2.24. The number of hydrogen-bond donors (Lipinski definition) is 0. The maximum Gasteiger partial charge on any atom is 0.254 e. The molecule has 0 saturated carbocycles. The average Bonchev–Trinajstić information content (AvgIpc) is 2.99. The van der Waals surface area contributed by atoms with Crippen LogP contribution in [0.15, 0.2) is 85.7 Å². The summed E-state index contributed by atoms with van der Waals surface area (Å²) in [5, 5.41) is 0. The lowest BCUT2D eigenvalue weighted by Crippen LogP contribution is -2.38. The molecule has 0 bridgehead atoms. The third kappa shape index (κ3) is 5.17. The summed E-state index contributed by atoms with van der Waals surface area (Å²) in [6, 6.07) is 17.5. The molecule has 0 N–H and O–H groups in total. The molecule has 6 heteroatoms. The molecule has 33 heavy (non-hydrogen) atoms. The quantitative estimate of drug-likeness (QED) is 0.536. The molecule has 5 nitrogen and oxygen atoms in total. The number of nitrogens with zero attached hydrogens (tertiary/aromatic N) is 3. The highest BCUT2D eigenvalue weighted by Crippen LogP contribution is 2.27. The topological polar surface area (TPSA) is 53.5 Å². The summed E-state index contributed by atoms with van der Waals surface area (Å²) in [6.45, 7) is 5.25. The van der Waals surface area contributed by atoms with Gasteiger partial charge in [0.25, 0.3) is 5.91 Å². The van der Waals surface area contributed by atoms with Crippen LogP contribution in [0, 0.1) is 11.7 Å². The molecule has 0 radical (unpaired) electrons. The summed E-state index contributed by atoms with van der Waals surface area (Å²) in [5.74, 6) is -1.16. The number of benzene rings is 2. The molecule has 0 aliphatic carbocycles. The third-order valence-electron chi connectivity index (χ3n) is 5.91. The zero-order chi connectivity index (χ0) is 23.2. The second-order valence-electron chi connectivity index (χ2n) is 8.13. The van der Waals surface area contributed by atoms with Crippen LogP contribution in [0.3, 0.4) is 0 Å². The van der Waals surface area contributed by atoms with Crippen molar-refractivity contribution < 1.29 is 14.0 Å². The molecule has 0 spiro atoms. The first-order valence-electron chi connectivity index (χ1n) is 11.0.